The Bertz CT molecular complexity index is 1380. The number of aliphatic hydroxyl groups excluding tert-OH is 1. The van der Waals surface area contributed by atoms with E-state index in [9.17, 15) is 14.7 Å². The van der Waals surface area contributed by atoms with Crippen LogP contribution in [0.5, 0.6) is 5.75 Å². The monoisotopic (exact) mass is 619 g/mol. The van der Waals surface area contributed by atoms with Crippen molar-refractivity contribution in [2.75, 3.05) is 44.8 Å². The highest BCUT2D eigenvalue weighted by Gasteiger charge is 2.47. The van der Waals surface area contributed by atoms with Crippen molar-refractivity contribution in [1.29, 1.82) is 0 Å². The number of ketones is 1. The van der Waals surface area contributed by atoms with E-state index >= 15 is 0 Å². The number of carbonyl (C=O) groups excluding carboxylic acids is 2. The minimum atomic E-state index is -0.631. The fourth-order valence-corrected chi connectivity index (χ4v) is 6.37. The maximum absolute atomic E-state index is 12.7. The van der Waals surface area contributed by atoms with Crippen molar-refractivity contribution in [3.8, 4) is 17.1 Å². The number of ether oxygens (including phenoxy) is 2. The summed E-state index contributed by atoms with van der Waals surface area (Å²) in [5.74, 6) is 1.02. The van der Waals surface area contributed by atoms with Gasteiger partial charge in [0.1, 0.15) is 18.2 Å². The molecule has 3 heterocycles. The number of rotatable bonds is 9. The van der Waals surface area contributed by atoms with Crippen molar-refractivity contribution < 1.29 is 24.2 Å². The summed E-state index contributed by atoms with van der Waals surface area (Å²) in [7, 11) is 1.40. The number of methoxy groups -OCH3 is 1. The van der Waals surface area contributed by atoms with E-state index in [1.54, 1.807) is 24.0 Å². The molecule has 0 bridgehead atoms. The zero-order chi connectivity index (χ0) is 30.8. The molecule has 2 aliphatic heterocycles. The molecule has 0 saturated carbocycles. The number of anilines is 1. The number of allylic oxidation sites excluding steroid dienone is 2. The van der Waals surface area contributed by atoms with Crippen molar-refractivity contribution >= 4 is 46.5 Å². The number of nitrogens with zero attached hydrogens (tertiary/aromatic N) is 4. The molecule has 12 heteroatoms. The lowest BCUT2D eigenvalue weighted by atomic mass is 9.72. The van der Waals surface area contributed by atoms with Crippen LogP contribution in [0.1, 0.15) is 57.7 Å². The Morgan fingerprint density at radius 2 is 1.83 bits per heavy atom. The zero-order valence-electron chi connectivity index (χ0n) is 24.8. The third-order valence-electron chi connectivity index (χ3n) is 8.04. The van der Waals surface area contributed by atoms with Gasteiger partial charge in [-0.05, 0) is 52.2 Å². The third kappa shape index (κ3) is 6.45. The summed E-state index contributed by atoms with van der Waals surface area (Å²) < 4.78 is 10.7. The molecule has 228 valence electrons. The number of aliphatic hydroxyl groups is 1. The third-order valence-corrected chi connectivity index (χ3v) is 8.73. The highest BCUT2D eigenvalue weighted by atomic mass is 35.5. The van der Waals surface area contributed by atoms with Gasteiger partial charge in [0.25, 0.3) is 0 Å². The summed E-state index contributed by atoms with van der Waals surface area (Å²) in [4.78, 5) is 38.3. The second-order valence-electron chi connectivity index (χ2n) is 11.3. The summed E-state index contributed by atoms with van der Waals surface area (Å²) in [6.07, 6.45) is 2.19. The van der Waals surface area contributed by atoms with Gasteiger partial charge in [-0.3, -0.25) is 4.79 Å². The van der Waals surface area contributed by atoms with Gasteiger partial charge in [0, 0.05) is 42.9 Å². The first-order valence-corrected chi connectivity index (χ1v) is 14.9. The van der Waals surface area contributed by atoms with Crippen LogP contribution in [0.3, 0.4) is 0 Å². The highest BCUT2D eigenvalue weighted by Crippen LogP contribution is 2.45. The van der Waals surface area contributed by atoms with Crippen molar-refractivity contribution in [2.45, 2.75) is 59.5 Å². The van der Waals surface area contributed by atoms with Crippen LogP contribution in [0.25, 0.3) is 17.0 Å². The van der Waals surface area contributed by atoms with Crippen LogP contribution >= 0.6 is 23.2 Å². The van der Waals surface area contributed by atoms with E-state index in [1.165, 1.54) is 14.0 Å². The topological polar surface area (TPSA) is 131 Å². The van der Waals surface area contributed by atoms with Crippen LogP contribution in [0.2, 0.25) is 10.0 Å². The Morgan fingerprint density at radius 1 is 1.17 bits per heavy atom. The predicted molar refractivity (Wildman–Crippen MR) is 164 cm³/mol. The molecule has 0 radical (unpaired) electrons. The molecule has 2 saturated heterocycles. The summed E-state index contributed by atoms with van der Waals surface area (Å²) in [6, 6.07) is 3.30. The molecule has 42 heavy (non-hydrogen) atoms. The number of amides is 1. The Balaban J connectivity index is 1.73. The Hall–Kier alpha value is -3.08. The molecule has 1 aromatic heterocycles. The van der Waals surface area contributed by atoms with Crippen LogP contribution in [0.4, 0.5) is 10.6 Å². The van der Waals surface area contributed by atoms with E-state index in [0.717, 1.165) is 37.9 Å². The Morgan fingerprint density at radius 3 is 2.40 bits per heavy atom. The number of hydrogen-bond donors (Lipinski definition) is 2. The zero-order valence-corrected chi connectivity index (χ0v) is 26.3. The molecule has 1 atom stereocenters. The lowest BCUT2D eigenvalue weighted by molar-refractivity contribution is -0.111. The summed E-state index contributed by atoms with van der Waals surface area (Å²) in [6.45, 7) is 9.80. The molecular formula is C30H39Cl2N5O5. The van der Waals surface area contributed by atoms with Gasteiger partial charge < -0.3 is 30.1 Å². The van der Waals surface area contributed by atoms with E-state index in [2.05, 4.69) is 4.90 Å². The van der Waals surface area contributed by atoms with Gasteiger partial charge in [0.2, 0.25) is 0 Å². The van der Waals surface area contributed by atoms with E-state index in [-0.39, 0.29) is 34.7 Å². The molecule has 1 amide bonds. The second-order valence-corrected chi connectivity index (χ2v) is 12.0. The normalized spacial score (nSPS) is 17.4. The van der Waals surface area contributed by atoms with Crippen LogP contribution in [-0.4, -0.2) is 77.9 Å². The number of piperidine rings is 1. The number of nitrogens with two attached hydrogens (primary N) is 1. The fourth-order valence-electron chi connectivity index (χ4n) is 5.77. The van der Waals surface area contributed by atoms with Crippen molar-refractivity contribution in [1.82, 2.24) is 14.9 Å². The van der Waals surface area contributed by atoms with Gasteiger partial charge in [0.05, 0.1) is 40.1 Å². The maximum Gasteiger partial charge on any atom is 0.409 e. The summed E-state index contributed by atoms with van der Waals surface area (Å²) >= 11 is 13.5. The molecule has 2 aliphatic rings. The number of halogens is 2. The van der Waals surface area contributed by atoms with E-state index < -0.39 is 6.10 Å². The number of hydrogen-bond acceptors (Lipinski definition) is 9. The van der Waals surface area contributed by atoms with Crippen molar-refractivity contribution in [3.05, 3.63) is 39.1 Å². The lowest BCUT2D eigenvalue weighted by Crippen LogP contribution is -2.61. The number of Topliss-reactive ketones (excluding diaryl/α,β-unsaturated/α-hetero) is 1. The fraction of sp³-hybridized carbons (Fsp3) is 0.533. The number of benzene rings is 1. The van der Waals surface area contributed by atoms with Crippen LogP contribution in [0.15, 0.2) is 17.8 Å². The van der Waals surface area contributed by atoms with Crippen LogP contribution in [-0.2, 0) is 9.53 Å². The first-order chi connectivity index (χ1) is 19.9. The quantitative estimate of drug-likeness (QED) is 0.361. The van der Waals surface area contributed by atoms with Crippen LogP contribution in [0, 0.1) is 12.3 Å². The van der Waals surface area contributed by atoms with E-state index in [1.807, 2.05) is 13.8 Å². The van der Waals surface area contributed by atoms with Crippen molar-refractivity contribution in [3.63, 3.8) is 0 Å². The molecule has 2 aromatic rings. The predicted octanol–water partition coefficient (Wildman–Crippen LogP) is 5.25. The summed E-state index contributed by atoms with van der Waals surface area (Å²) in [5.41, 5.74) is 8.38. The van der Waals surface area contributed by atoms with Gasteiger partial charge >= 0.3 is 6.09 Å². The second kappa shape index (κ2) is 13.1. The lowest BCUT2D eigenvalue weighted by Gasteiger charge is -2.54. The molecule has 2 fully saturated rings. The molecule has 0 unspecified atom stereocenters. The smallest absolute Gasteiger partial charge is 0.409 e. The average molecular weight is 621 g/mol. The van der Waals surface area contributed by atoms with E-state index in [4.69, 9.17) is 48.4 Å². The van der Waals surface area contributed by atoms with Gasteiger partial charge in [-0.15, -0.1) is 0 Å². The minimum absolute atomic E-state index is 0.0492. The minimum Gasteiger partial charge on any atom is -0.489 e. The molecule has 10 nitrogen and oxygen atoms in total. The molecule has 1 spiro atoms. The average Bonchev–Trinajstić information content (AvgIpc) is 2.92. The molecule has 0 aliphatic carbocycles. The van der Waals surface area contributed by atoms with Gasteiger partial charge in [-0.1, -0.05) is 36.5 Å². The van der Waals surface area contributed by atoms with Crippen molar-refractivity contribution in [2.24, 2.45) is 11.1 Å². The van der Waals surface area contributed by atoms with Crippen LogP contribution < -0.4 is 15.4 Å². The number of likely N-dealkylation sites (tertiary alicyclic amines) is 1. The SMILES string of the molecule is CCC[C@@H](O)COc1ccc(Cl)c(-c2nc(C(C(C)=O)=C(C)N)c(C)c(N3CC4(CCN(C(=O)OC)CC4)C3)n2)c1Cl. The number of carbonyl (C=O) groups is 2. The standard InChI is InChI=1S/C30H39Cl2N5O5/c1-6-7-20(39)14-42-22-9-8-21(31)24(25(22)32)27-34-26(23(18(3)33)19(4)38)17(2)28(35-27)37-15-30(16-37)10-12-36(13-11-30)29(40)41-5/h8-9,20,39H,6-7,10-16,33H2,1-5H3/t20-/m1/s1. The van der Waals surface area contributed by atoms with Gasteiger partial charge in [-0.2, -0.15) is 0 Å². The maximum atomic E-state index is 12.7. The number of aromatic nitrogens is 2. The molecule has 3 N–H and O–H groups in total. The Labute approximate surface area is 256 Å². The first-order valence-electron chi connectivity index (χ1n) is 14.1. The summed E-state index contributed by atoms with van der Waals surface area (Å²) in [5, 5.41) is 10.7. The van der Waals surface area contributed by atoms with Gasteiger partial charge in [-0.25, -0.2) is 14.8 Å². The largest absolute Gasteiger partial charge is 0.489 e. The molecular weight excluding hydrogens is 581 g/mol. The highest BCUT2D eigenvalue weighted by molar-refractivity contribution is 6.40. The molecule has 1 aromatic carbocycles. The Kier molecular flexibility index (Phi) is 9.90. The van der Waals surface area contributed by atoms with E-state index in [0.29, 0.717) is 58.6 Å². The van der Waals surface area contributed by atoms with Gasteiger partial charge in [0.15, 0.2) is 11.6 Å². The first kappa shape index (κ1) is 31.8. The molecule has 4 rings (SSSR count).